The molecule has 3 aromatic rings. The monoisotopic (exact) mass is 342 g/mol. The first-order chi connectivity index (χ1) is 11.7. The Bertz CT molecular complexity index is 777. The summed E-state index contributed by atoms with van der Waals surface area (Å²) in [7, 11) is 0. The van der Waals surface area contributed by atoms with Gasteiger partial charge in [0.05, 0.1) is 19.4 Å². The zero-order valence-corrected chi connectivity index (χ0v) is 14.8. The molecule has 2 aromatic heterocycles. The minimum absolute atomic E-state index is 0.379. The summed E-state index contributed by atoms with van der Waals surface area (Å²) in [6.07, 6.45) is 3.79. The highest BCUT2D eigenvalue weighted by Gasteiger charge is 2.14. The quantitative estimate of drug-likeness (QED) is 0.668. The van der Waals surface area contributed by atoms with Gasteiger partial charge >= 0.3 is 0 Å². The van der Waals surface area contributed by atoms with E-state index >= 15 is 0 Å². The molecule has 0 aliphatic rings. The van der Waals surface area contributed by atoms with Gasteiger partial charge in [-0.15, -0.1) is 10.2 Å². The van der Waals surface area contributed by atoms with Gasteiger partial charge in [0.1, 0.15) is 5.82 Å². The number of hydrogen-bond acceptors (Lipinski definition) is 5. The van der Waals surface area contributed by atoms with Crippen molar-refractivity contribution in [2.45, 2.75) is 43.9 Å². The first-order valence-electron chi connectivity index (χ1n) is 7.98. The first-order valence-corrected chi connectivity index (χ1v) is 8.97. The van der Waals surface area contributed by atoms with E-state index in [1.165, 1.54) is 11.3 Å². The van der Waals surface area contributed by atoms with Gasteiger partial charge in [0.2, 0.25) is 0 Å². The molecule has 7 heteroatoms. The van der Waals surface area contributed by atoms with Crippen molar-refractivity contribution in [3.05, 3.63) is 59.9 Å². The van der Waals surface area contributed by atoms with E-state index < -0.39 is 0 Å². The van der Waals surface area contributed by atoms with E-state index in [0.29, 0.717) is 12.6 Å². The molecule has 0 fully saturated rings. The predicted molar refractivity (Wildman–Crippen MR) is 95.6 cm³/mol. The number of thioether (sulfide) groups is 1. The van der Waals surface area contributed by atoms with Gasteiger partial charge in [-0.05, 0) is 19.4 Å². The standard InChI is InChI=1S/C17H22N6S/c1-13(2)23-12-19-9-15(23)11-24-17-21-20-16(8-18)22(17)10-14-6-4-3-5-7-14/h3-7,9,12-13H,8,10-11,18H2,1-2H3. The van der Waals surface area contributed by atoms with Crippen molar-refractivity contribution < 1.29 is 0 Å². The molecule has 126 valence electrons. The van der Waals surface area contributed by atoms with Gasteiger partial charge in [0, 0.05) is 23.7 Å². The van der Waals surface area contributed by atoms with Crippen molar-refractivity contribution in [1.29, 1.82) is 0 Å². The molecule has 0 unspecified atom stereocenters. The maximum absolute atomic E-state index is 5.83. The molecule has 0 saturated heterocycles. The van der Waals surface area contributed by atoms with Crippen LogP contribution in [0.25, 0.3) is 0 Å². The number of nitrogens with two attached hydrogens (primary N) is 1. The molecule has 0 saturated carbocycles. The lowest BCUT2D eigenvalue weighted by Crippen LogP contribution is -2.10. The molecule has 2 N–H and O–H groups in total. The van der Waals surface area contributed by atoms with Gasteiger partial charge in [-0.25, -0.2) is 4.98 Å². The van der Waals surface area contributed by atoms with Crippen LogP contribution < -0.4 is 5.73 Å². The number of rotatable bonds is 7. The van der Waals surface area contributed by atoms with E-state index in [9.17, 15) is 0 Å². The topological polar surface area (TPSA) is 74.6 Å². The fourth-order valence-electron chi connectivity index (χ4n) is 2.55. The third kappa shape index (κ3) is 3.68. The summed E-state index contributed by atoms with van der Waals surface area (Å²) in [4.78, 5) is 4.25. The predicted octanol–water partition coefficient (Wildman–Crippen LogP) is 2.85. The minimum Gasteiger partial charge on any atom is -0.331 e. The third-order valence-corrected chi connectivity index (χ3v) is 4.81. The van der Waals surface area contributed by atoms with Crippen LogP contribution in [0.5, 0.6) is 0 Å². The largest absolute Gasteiger partial charge is 0.331 e. The van der Waals surface area contributed by atoms with Gasteiger partial charge in [0.15, 0.2) is 5.16 Å². The zero-order chi connectivity index (χ0) is 16.9. The number of benzene rings is 1. The highest BCUT2D eigenvalue weighted by Crippen LogP contribution is 2.24. The minimum atomic E-state index is 0.379. The van der Waals surface area contributed by atoms with Crippen molar-refractivity contribution in [1.82, 2.24) is 24.3 Å². The Morgan fingerprint density at radius 3 is 2.67 bits per heavy atom. The van der Waals surface area contributed by atoms with Crippen LogP contribution in [0.3, 0.4) is 0 Å². The Morgan fingerprint density at radius 2 is 1.96 bits per heavy atom. The highest BCUT2D eigenvalue weighted by molar-refractivity contribution is 7.98. The van der Waals surface area contributed by atoms with Crippen LogP contribution in [0, 0.1) is 0 Å². The Balaban J connectivity index is 1.78. The fourth-order valence-corrected chi connectivity index (χ4v) is 3.47. The summed E-state index contributed by atoms with van der Waals surface area (Å²) >= 11 is 1.66. The molecule has 2 heterocycles. The van der Waals surface area contributed by atoms with Crippen LogP contribution in [-0.4, -0.2) is 24.3 Å². The molecule has 0 spiro atoms. The molecule has 0 bridgehead atoms. The maximum atomic E-state index is 5.83. The van der Waals surface area contributed by atoms with Crippen molar-refractivity contribution >= 4 is 11.8 Å². The van der Waals surface area contributed by atoms with Crippen molar-refractivity contribution in [2.75, 3.05) is 0 Å². The number of nitrogens with zero attached hydrogens (tertiary/aromatic N) is 5. The Morgan fingerprint density at radius 1 is 1.17 bits per heavy atom. The van der Waals surface area contributed by atoms with Gasteiger partial charge in [-0.3, -0.25) is 0 Å². The second-order valence-corrected chi connectivity index (χ2v) is 6.79. The Hall–Kier alpha value is -2.12. The number of aromatic nitrogens is 5. The Labute approximate surface area is 146 Å². The second-order valence-electron chi connectivity index (χ2n) is 5.85. The van der Waals surface area contributed by atoms with Crippen molar-refractivity contribution in [2.24, 2.45) is 5.73 Å². The van der Waals surface area contributed by atoms with Crippen LogP contribution in [0.2, 0.25) is 0 Å². The molecule has 0 radical (unpaired) electrons. The lowest BCUT2D eigenvalue weighted by Gasteiger charge is -2.12. The smallest absolute Gasteiger partial charge is 0.191 e. The third-order valence-electron chi connectivity index (χ3n) is 3.81. The van der Waals surface area contributed by atoms with Gasteiger partial charge < -0.3 is 14.9 Å². The first kappa shape index (κ1) is 16.7. The maximum Gasteiger partial charge on any atom is 0.191 e. The van der Waals surface area contributed by atoms with Crippen LogP contribution in [0.1, 0.15) is 37.0 Å². The Kier molecular flexibility index (Phi) is 5.32. The number of hydrogen-bond donors (Lipinski definition) is 1. The molecule has 0 atom stereocenters. The molecular weight excluding hydrogens is 320 g/mol. The van der Waals surface area contributed by atoms with E-state index in [2.05, 4.69) is 50.3 Å². The van der Waals surface area contributed by atoms with Gasteiger partial charge in [-0.2, -0.15) is 0 Å². The molecule has 6 nitrogen and oxygen atoms in total. The average Bonchev–Trinajstić information content (AvgIpc) is 3.20. The van der Waals surface area contributed by atoms with E-state index in [1.807, 2.05) is 30.7 Å². The lowest BCUT2D eigenvalue weighted by atomic mass is 10.2. The van der Waals surface area contributed by atoms with Crippen LogP contribution >= 0.6 is 11.8 Å². The van der Waals surface area contributed by atoms with Crippen LogP contribution in [0.15, 0.2) is 48.0 Å². The van der Waals surface area contributed by atoms with Gasteiger partial charge in [-0.1, -0.05) is 42.1 Å². The average molecular weight is 342 g/mol. The normalized spacial score (nSPS) is 11.3. The highest BCUT2D eigenvalue weighted by atomic mass is 32.2. The van der Waals surface area contributed by atoms with E-state index in [0.717, 1.165) is 23.3 Å². The van der Waals surface area contributed by atoms with Crippen molar-refractivity contribution in [3.8, 4) is 0 Å². The second kappa shape index (κ2) is 7.63. The summed E-state index contributed by atoms with van der Waals surface area (Å²) in [5.41, 5.74) is 8.21. The summed E-state index contributed by atoms with van der Waals surface area (Å²) in [6, 6.07) is 10.7. The molecule has 0 aliphatic heterocycles. The number of imidazole rings is 1. The summed E-state index contributed by atoms with van der Waals surface area (Å²) in [6.45, 7) is 5.41. The lowest BCUT2D eigenvalue weighted by molar-refractivity contribution is 0.583. The zero-order valence-electron chi connectivity index (χ0n) is 14.0. The van der Waals surface area contributed by atoms with Gasteiger partial charge in [0.25, 0.3) is 0 Å². The van der Waals surface area contributed by atoms with Crippen LogP contribution in [-0.2, 0) is 18.8 Å². The summed E-state index contributed by atoms with van der Waals surface area (Å²) < 4.78 is 4.27. The van der Waals surface area contributed by atoms with E-state index in [1.54, 1.807) is 11.8 Å². The molecule has 3 rings (SSSR count). The van der Waals surface area contributed by atoms with Crippen molar-refractivity contribution in [3.63, 3.8) is 0 Å². The molecule has 24 heavy (non-hydrogen) atoms. The van der Waals surface area contributed by atoms with E-state index in [4.69, 9.17) is 5.73 Å². The van der Waals surface area contributed by atoms with E-state index in [-0.39, 0.29) is 0 Å². The molecule has 1 aromatic carbocycles. The SMILES string of the molecule is CC(C)n1cncc1CSc1nnc(CN)n1Cc1ccccc1. The molecule has 0 amide bonds. The fraction of sp³-hybridized carbons (Fsp3) is 0.353. The molecule has 0 aliphatic carbocycles. The molecular formula is C17H22N6S. The van der Waals surface area contributed by atoms with Crippen LogP contribution in [0.4, 0.5) is 0 Å². The summed E-state index contributed by atoms with van der Waals surface area (Å²) in [5.74, 6) is 1.61. The summed E-state index contributed by atoms with van der Waals surface area (Å²) in [5, 5.41) is 9.44.